The van der Waals surface area contributed by atoms with Crippen LogP contribution in [0.4, 0.5) is 17.6 Å². The van der Waals surface area contributed by atoms with Crippen LogP contribution in [-0.4, -0.2) is 23.5 Å². The summed E-state index contributed by atoms with van der Waals surface area (Å²) in [6.45, 7) is -0.612. The average Bonchev–Trinajstić information content (AvgIpc) is 2.33. The van der Waals surface area contributed by atoms with Gasteiger partial charge in [0, 0.05) is 11.6 Å². The molecule has 8 heteroatoms. The van der Waals surface area contributed by atoms with E-state index in [4.69, 9.17) is 5.11 Å². The number of carbonyl (C=O) groups is 2. The van der Waals surface area contributed by atoms with Crippen LogP contribution in [0.15, 0.2) is 24.3 Å². The normalized spacial score (nSPS) is 11.6. The zero-order valence-corrected chi connectivity index (χ0v) is 9.87. The molecule has 108 valence electrons. The first kappa shape index (κ1) is 15.7. The fourth-order valence-electron chi connectivity index (χ4n) is 1.23. The van der Waals surface area contributed by atoms with Crippen molar-refractivity contribution in [2.45, 2.75) is 6.18 Å². The first-order valence-electron chi connectivity index (χ1n) is 5.24. The zero-order chi connectivity index (χ0) is 15.3. The second-order valence-corrected chi connectivity index (χ2v) is 3.68. The maximum atomic E-state index is 13.4. The Labute approximate surface area is 110 Å². The van der Waals surface area contributed by atoms with E-state index in [1.165, 1.54) is 0 Å². The molecule has 0 bridgehead atoms. The van der Waals surface area contributed by atoms with Crippen LogP contribution in [-0.2, 0) is 15.8 Å². The fourth-order valence-corrected chi connectivity index (χ4v) is 1.23. The largest absolute Gasteiger partial charge is 0.480 e. The highest BCUT2D eigenvalue weighted by atomic mass is 19.4. The molecule has 0 aliphatic rings. The molecular formula is C12H9F4NO3. The second-order valence-electron chi connectivity index (χ2n) is 3.68. The number of amides is 1. The van der Waals surface area contributed by atoms with Gasteiger partial charge in [0.05, 0.1) is 5.56 Å². The molecule has 0 atom stereocenters. The topological polar surface area (TPSA) is 66.4 Å². The summed E-state index contributed by atoms with van der Waals surface area (Å²) in [7, 11) is 0. The average molecular weight is 291 g/mol. The van der Waals surface area contributed by atoms with Crippen LogP contribution in [0.3, 0.4) is 0 Å². The highest BCUT2D eigenvalue weighted by molar-refractivity contribution is 5.93. The van der Waals surface area contributed by atoms with Crippen molar-refractivity contribution < 1.29 is 32.3 Å². The number of benzene rings is 1. The van der Waals surface area contributed by atoms with Crippen molar-refractivity contribution in [1.29, 1.82) is 0 Å². The van der Waals surface area contributed by atoms with Crippen LogP contribution < -0.4 is 5.32 Å². The van der Waals surface area contributed by atoms with E-state index in [-0.39, 0.29) is 5.56 Å². The molecule has 0 aliphatic heterocycles. The molecule has 1 aromatic rings. The molecule has 20 heavy (non-hydrogen) atoms. The number of nitrogens with one attached hydrogen (secondary N) is 1. The molecule has 0 aromatic heterocycles. The summed E-state index contributed by atoms with van der Waals surface area (Å²) < 4.78 is 50.2. The lowest BCUT2D eigenvalue weighted by Gasteiger charge is -2.07. The van der Waals surface area contributed by atoms with Gasteiger partial charge in [-0.15, -0.1) is 0 Å². The number of carbonyl (C=O) groups excluding carboxylic acids is 1. The molecule has 2 N–H and O–H groups in total. The smallest absolute Gasteiger partial charge is 0.416 e. The number of halogens is 4. The molecule has 0 radical (unpaired) electrons. The van der Waals surface area contributed by atoms with Crippen LogP contribution in [0.25, 0.3) is 6.08 Å². The minimum absolute atomic E-state index is 0.219. The summed E-state index contributed by atoms with van der Waals surface area (Å²) in [5, 5.41) is 10.3. The van der Waals surface area contributed by atoms with E-state index in [1.54, 1.807) is 0 Å². The predicted molar refractivity (Wildman–Crippen MR) is 61.1 cm³/mol. The summed E-state index contributed by atoms with van der Waals surface area (Å²) in [5.74, 6) is -3.19. The van der Waals surface area contributed by atoms with Gasteiger partial charge < -0.3 is 10.4 Å². The van der Waals surface area contributed by atoms with Gasteiger partial charge in [-0.1, -0.05) is 6.07 Å². The van der Waals surface area contributed by atoms with Gasteiger partial charge in [-0.3, -0.25) is 9.59 Å². The van der Waals surface area contributed by atoms with Crippen LogP contribution in [0.1, 0.15) is 11.1 Å². The lowest BCUT2D eigenvalue weighted by atomic mass is 10.1. The minimum atomic E-state index is -4.65. The molecule has 0 saturated heterocycles. The second kappa shape index (κ2) is 6.18. The monoisotopic (exact) mass is 291 g/mol. The lowest BCUT2D eigenvalue weighted by molar-refractivity contribution is -0.138. The molecule has 0 heterocycles. The summed E-state index contributed by atoms with van der Waals surface area (Å²) in [6, 6.07) is 1.87. The summed E-state index contributed by atoms with van der Waals surface area (Å²) in [5.41, 5.74) is -1.36. The van der Waals surface area contributed by atoms with Gasteiger partial charge in [0.25, 0.3) is 0 Å². The third-order valence-electron chi connectivity index (χ3n) is 2.16. The van der Waals surface area contributed by atoms with Crippen molar-refractivity contribution in [1.82, 2.24) is 5.32 Å². The maximum absolute atomic E-state index is 13.4. The summed E-state index contributed by atoms with van der Waals surface area (Å²) in [4.78, 5) is 21.3. The first-order valence-corrected chi connectivity index (χ1v) is 5.24. The van der Waals surface area contributed by atoms with Gasteiger partial charge in [0.2, 0.25) is 5.91 Å². The van der Waals surface area contributed by atoms with Crippen molar-refractivity contribution >= 4 is 18.0 Å². The van der Waals surface area contributed by atoms with Crippen molar-refractivity contribution in [3.05, 3.63) is 41.2 Å². The Hall–Kier alpha value is -2.38. The highest BCUT2D eigenvalue weighted by Gasteiger charge is 2.30. The molecule has 0 spiro atoms. The molecule has 4 nitrogen and oxygen atoms in total. The van der Waals surface area contributed by atoms with Crippen LogP contribution in [0.5, 0.6) is 0 Å². The SMILES string of the molecule is O=C(O)CNC(=O)C=Cc1ccc(C(F)(F)F)cc1F. The number of carboxylic acids is 1. The number of alkyl halides is 3. The van der Waals surface area contributed by atoms with E-state index in [0.717, 1.165) is 18.2 Å². The Morgan fingerprint density at radius 2 is 1.95 bits per heavy atom. The predicted octanol–water partition coefficient (Wildman–Crippen LogP) is 2.06. The standard InChI is InChI=1S/C12H9F4NO3/c13-9-5-8(12(14,15)16)3-1-7(9)2-4-10(18)17-6-11(19)20/h1-5H,6H2,(H,17,18)(H,19,20). The Balaban J connectivity index is 2.78. The molecule has 0 aliphatic carbocycles. The minimum Gasteiger partial charge on any atom is -0.480 e. The van der Waals surface area contributed by atoms with Crippen molar-refractivity contribution in [3.8, 4) is 0 Å². The molecule has 0 fully saturated rings. The van der Waals surface area contributed by atoms with Crippen molar-refractivity contribution in [2.75, 3.05) is 6.54 Å². The summed E-state index contributed by atoms with van der Waals surface area (Å²) in [6.07, 6.45) is -2.87. The first-order chi connectivity index (χ1) is 9.20. The molecule has 1 aromatic carbocycles. The van der Waals surface area contributed by atoms with Gasteiger partial charge >= 0.3 is 12.1 Å². The maximum Gasteiger partial charge on any atom is 0.416 e. The van der Waals surface area contributed by atoms with E-state index in [1.807, 2.05) is 5.32 Å². The van der Waals surface area contributed by atoms with Gasteiger partial charge in [-0.2, -0.15) is 13.2 Å². The molecule has 0 unspecified atom stereocenters. The van der Waals surface area contributed by atoms with E-state index in [2.05, 4.69) is 0 Å². The van der Waals surface area contributed by atoms with E-state index < -0.39 is 36.0 Å². The molecular weight excluding hydrogens is 282 g/mol. The van der Waals surface area contributed by atoms with E-state index in [9.17, 15) is 27.2 Å². The Morgan fingerprint density at radius 3 is 2.45 bits per heavy atom. The number of rotatable bonds is 4. The van der Waals surface area contributed by atoms with Gasteiger partial charge in [-0.05, 0) is 18.2 Å². The third-order valence-corrected chi connectivity index (χ3v) is 2.16. The summed E-state index contributed by atoms with van der Waals surface area (Å²) >= 11 is 0. The fraction of sp³-hybridized carbons (Fsp3) is 0.167. The Bertz CT molecular complexity index is 552. The number of hydrogen-bond acceptors (Lipinski definition) is 2. The van der Waals surface area contributed by atoms with Crippen LogP contribution in [0.2, 0.25) is 0 Å². The number of hydrogen-bond donors (Lipinski definition) is 2. The quantitative estimate of drug-likeness (QED) is 0.659. The zero-order valence-electron chi connectivity index (χ0n) is 9.87. The van der Waals surface area contributed by atoms with E-state index in [0.29, 0.717) is 12.1 Å². The molecule has 0 saturated carbocycles. The van der Waals surface area contributed by atoms with Gasteiger partial charge in [0.15, 0.2) is 0 Å². The number of carboxylic acid groups (broad SMARTS) is 1. The molecule has 1 rings (SSSR count). The Morgan fingerprint density at radius 1 is 1.30 bits per heavy atom. The van der Waals surface area contributed by atoms with Crippen molar-refractivity contribution in [2.24, 2.45) is 0 Å². The Kier molecular flexibility index (Phi) is 4.84. The van der Waals surface area contributed by atoms with Gasteiger partial charge in [0.1, 0.15) is 12.4 Å². The van der Waals surface area contributed by atoms with Crippen LogP contribution >= 0.6 is 0 Å². The van der Waals surface area contributed by atoms with Gasteiger partial charge in [-0.25, -0.2) is 4.39 Å². The highest BCUT2D eigenvalue weighted by Crippen LogP contribution is 2.30. The van der Waals surface area contributed by atoms with E-state index >= 15 is 0 Å². The number of aliphatic carboxylic acids is 1. The lowest BCUT2D eigenvalue weighted by Crippen LogP contribution is -2.27. The third kappa shape index (κ3) is 4.71. The molecule has 1 amide bonds. The van der Waals surface area contributed by atoms with Crippen molar-refractivity contribution in [3.63, 3.8) is 0 Å². The van der Waals surface area contributed by atoms with Crippen LogP contribution in [0, 0.1) is 5.82 Å².